The zero-order valence-electron chi connectivity index (χ0n) is 12.5. The van der Waals surface area contributed by atoms with Gasteiger partial charge in [0, 0.05) is 11.6 Å². The maximum absolute atomic E-state index is 6.03. The highest BCUT2D eigenvalue weighted by Crippen LogP contribution is 2.30. The van der Waals surface area contributed by atoms with Crippen LogP contribution in [-0.4, -0.2) is 23.2 Å². The Kier molecular flexibility index (Phi) is 5.25. The van der Waals surface area contributed by atoms with Crippen LogP contribution < -0.4 is 5.32 Å². The van der Waals surface area contributed by atoms with Gasteiger partial charge in [0.25, 0.3) is 0 Å². The zero-order chi connectivity index (χ0) is 15.6. The zero-order valence-corrected chi connectivity index (χ0v) is 14.0. The van der Waals surface area contributed by atoms with Crippen molar-refractivity contribution in [3.05, 3.63) is 34.1 Å². The van der Waals surface area contributed by atoms with E-state index in [2.05, 4.69) is 36.2 Å². The number of benzene rings is 1. The number of nitrogens with zero attached hydrogens (tertiary/aromatic N) is 2. The lowest BCUT2D eigenvalue weighted by Crippen LogP contribution is -2.32. The first-order chi connectivity index (χ1) is 9.93. The smallest absolute Gasteiger partial charge is 0.231 e. The van der Waals surface area contributed by atoms with Crippen LogP contribution in [0.15, 0.2) is 22.7 Å². The van der Waals surface area contributed by atoms with Crippen LogP contribution in [0.25, 0.3) is 11.4 Å². The van der Waals surface area contributed by atoms with E-state index in [0.29, 0.717) is 27.7 Å². The number of rotatable bonds is 5. The highest BCUT2D eigenvalue weighted by molar-refractivity contribution is 6.42. The quantitative estimate of drug-likeness (QED) is 0.884. The van der Waals surface area contributed by atoms with Crippen LogP contribution in [0.5, 0.6) is 0 Å². The molecule has 2 rings (SSSR count). The van der Waals surface area contributed by atoms with Gasteiger partial charge in [0.15, 0.2) is 0 Å². The predicted octanol–water partition coefficient (Wildman–Crippen LogP) is 4.39. The van der Waals surface area contributed by atoms with Crippen molar-refractivity contribution in [2.45, 2.75) is 32.7 Å². The van der Waals surface area contributed by atoms with Crippen LogP contribution >= 0.6 is 23.2 Å². The number of aromatic nitrogens is 2. The highest BCUT2D eigenvalue weighted by Gasteiger charge is 2.27. The van der Waals surface area contributed by atoms with Crippen LogP contribution in [0.3, 0.4) is 0 Å². The normalized spacial score (nSPS) is 14.4. The molecule has 0 spiro atoms. The molecule has 21 heavy (non-hydrogen) atoms. The van der Waals surface area contributed by atoms with Gasteiger partial charge in [-0.15, -0.1) is 0 Å². The first kappa shape index (κ1) is 16.3. The molecule has 1 aromatic carbocycles. The lowest BCUT2D eigenvalue weighted by molar-refractivity contribution is 0.286. The number of halogens is 2. The third-order valence-corrected chi connectivity index (χ3v) is 4.36. The van der Waals surface area contributed by atoms with Crippen molar-refractivity contribution in [3.63, 3.8) is 0 Å². The van der Waals surface area contributed by atoms with Crippen LogP contribution in [0.1, 0.15) is 32.6 Å². The fourth-order valence-corrected chi connectivity index (χ4v) is 2.68. The van der Waals surface area contributed by atoms with Crippen LogP contribution in [0, 0.1) is 5.92 Å². The van der Waals surface area contributed by atoms with Gasteiger partial charge in [0.2, 0.25) is 11.7 Å². The number of likely N-dealkylation sites (N-methyl/N-ethyl adjacent to an activating group) is 1. The lowest BCUT2D eigenvalue weighted by Gasteiger charge is -2.23. The minimum atomic E-state index is 0.152. The van der Waals surface area contributed by atoms with Gasteiger partial charge in [-0.25, -0.2) is 0 Å². The SMILES string of the molecule is CNC(C)C(c1nc(-c2ccc(Cl)c(Cl)c2)no1)C(C)C. The van der Waals surface area contributed by atoms with Gasteiger partial charge in [0.1, 0.15) is 0 Å². The molecule has 4 nitrogen and oxygen atoms in total. The molecule has 0 fully saturated rings. The van der Waals surface area contributed by atoms with Crippen LogP contribution in [-0.2, 0) is 0 Å². The fourth-order valence-electron chi connectivity index (χ4n) is 2.38. The Balaban J connectivity index is 2.33. The molecule has 0 bridgehead atoms. The molecule has 0 aliphatic rings. The van der Waals surface area contributed by atoms with Gasteiger partial charge in [-0.05, 0) is 38.1 Å². The third-order valence-electron chi connectivity index (χ3n) is 3.62. The molecular formula is C15H19Cl2N3O. The fraction of sp³-hybridized carbons (Fsp3) is 0.467. The first-order valence-corrected chi connectivity index (χ1v) is 7.66. The molecule has 114 valence electrons. The van der Waals surface area contributed by atoms with Crippen molar-refractivity contribution in [1.29, 1.82) is 0 Å². The summed E-state index contributed by atoms with van der Waals surface area (Å²) >= 11 is 11.9. The molecular weight excluding hydrogens is 309 g/mol. The first-order valence-electron chi connectivity index (χ1n) is 6.90. The standard InChI is InChI=1S/C15H19Cl2N3O/c1-8(2)13(9(3)18-4)15-19-14(20-21-15)10-5-6-11(16)12(17)7-10/h5-9,13,18H,1-4H3. The predicted molar refractivity (Wildman–Crippen MR) is 85.9 cm³/mol. The van der Waals surface area contributed by atoms with Gasteiger partial charge >= 0.3 is 0 Å². The summed E-state index contributed by atoms with van der Waals surface area (Å²) in [5.41, 5.74) is 0.791. The van der Waals surface area contributed by atoms with E-state index in [9.17, 15) is 0 Å². The number of nitrogens with one attached hydrogen (secondary N) is 1. The molecule has 0 aliphatic carbocycles. The molecule has 6 heteroatoms. The summed E-state index contributed by atoms with van der Waals surface area (Å²) in [6, 6.07) is 5.54. The second kappa shape index (κ2) is 6.77. The topological polar surface area (TPSA) is 51.0 Å². The molecule has 1 heterocycles. The van der Waals surface area contributed by atoms with E-state index in [0.717, 1.165) is 5.56 Å². The number of hydrogen-bond acceptors (Lipinski definition) is 4. The van der Waals surface area contributed by atoms with Crippen molar-refractivity contribution in [1.82, 2.24) is 15.5 Å². The Labute approximate surface area is 134 Å². The van der Waals surface area contributed by atoms with E-state index in [-0.39, 0.29) is 12.0 Å². The van der Waals surface area contributed by atoms with Crippen LogP contribution in [0.2, 0.25) is 10.0 Å². The van der Waals surface area contributed by atoms with Gasteiger partial charge in [-0.3, -0.25) is 0 Å². The van der Waals surface area contributed by atoms with E-state index >= 15 is 0 Å². The van der Waals surface area contributed by atoms with Gasteiger partial charge in [0.05, 0.1) is 16.0 Å². The highest BCUT2D eigenvalue weighted by atomic mass is 35.5. The van der Waals surface area contributed by atoms with Gasteiger partial charge < -0.3 is 9.84 Å². The van der Waals surface area contributed by atoms with Gasteiger partial charge in [-0.1, -0.05) is 42.2 Å². The molecule has 2 aromatic rings. The maximum Gasteiger partial charge on any atom is 0.231 e. The van der Waals surface area contributed by atoms with Crippen LogP contribution in [0.4, 0.5) is 0 Å². The van der Waals surface area contributed by atoms with E-state index in [4.69, 9.17) is 27.7 Å². The van der Waals surface area contributed by atoms with E-state index in [1.807, 2.05) is 13.1 Å². The molecule has 0 saturated heterocycles. The Hall–Kier alpha value is -1.10. The van der Waals surface area contributed by atoms with E-state index in [1.54, 1.807) is 12.1 Å². The summed E-state index contributed by atoms with van der Waals surface area (Å²) < 4.78 is 5.46. The minimum absolute atomic E-state index is 0.152. The minimum Gasteiger partial charge on any atom is -0.339 e. The second-order valence-electron chi connectivity index (χ2n) is 5.43. The summed E-state index contributed by atoms with van der Waals surface area (Å²) in [5, 5.41) is 8.29. The van der Waals surface area contributed by atoms with Crippen molar-refractivity contribution in [2.75, 3.05) is 7.05 Å². The van der Waals surface area contributed by atoms with Crippen molar-refractivity contribution in [3.8, 4) is 11.4 Å². The Morgan fingerprint density at radius 2 is 1.86 bits per heavy atom. The summed E-state index contributed by atoms with van der Waals surface area (Å²) in [5.74, 6) is 1.69. The average molecular weight is 328 g/mol. The van der Waals surface area contributed by atoms with Crippen molar-refractivity contribution < 1.29 is 4.52 Å². The third kappa shape index (κ3) is 3.57. The summed E-state index contributed by atoms with van der Waals surface area (Å²) in [7, 11) is 1.93. The molecule has 0 aliphatic heterocycles. The summed E-state index contributed by atoms with van der Waals surface area (Å²) in [6.45, 7) is 6.39. The Morgan fingerprint density at radius 3 is 2.43 bits per heavy atom. The molecule has 0 amide bonds. The van der Waals surface area contributed by atoms with E-state index in [1.165, 1.54) is 0 Å². The molecule has 1 aromatic heterocycles. The molecule has 2 atom stereocenters. The van der Waals surface area contributed by atoms with Crippen molar-refractivity contribution >= 4 is 23.2 Å². The Bertz CT molecular complexity index is 613. The van der Waals surface area contributed by atoms with Gasteiger partial charge in [-0.2, -0.15) is 4.98 Å². The molecule has 2 unspecified atom stereocenters. The summed E-state index contributed by atoms with van der Waals surface area (Å²) in [6.07, 6.45) is 0. The lowest BCUT2D eigenvalue weighted by atomic mass is 9.89. The second-order valence-corrected chi connectivity index (χ2v) is 6.25. The summed E-state index contributed by atoms with van der Waals surface area (Å²) in [4.78, 5) is 4.52. The van der Waals surface area contributed by atoms with E-state index < -0.39 is 0 Å². The Morgan fingerprint density at radius 1 is 1.14 bits per heavy atom. The number of hydrogen-bond donors (Lipinski definition) is 1. The van der Waals surface area contributed by atoms with Crippen molar-refractivity contribution in [2.24, 2.45) is 5.92 Å². The largest absolute Gasteiger partial charge is 0.339 e. The monoisotopic (exact) mass is 327 g/mol. The molecule has 0 saturated carbocycles. The average Bonchev–Trinajstić information content (AvgIpc) is 2.90. The molecule has 0 radical (unpaired) electrons. The molecule has 1 N–H and O–H groups in total. The maximum atomic E-state index is 6.03.